The predicted octanol–water partition coefficient (Wildman–Crippen LogP) is 2.24. The third-order valence-corrected chi connectivity index (χ3v) is 2.00. The zero-order valence-corrected chi connectivity index (χ0v) is 11.3. The monoisotopic (exact) mass is 245 g/mol. The van der Waals surface area contributed by atoms with Gasteiger partial charge in [-0.3, -0.25) is 4.79 Å². The van der Waals surface area contributed by atoms with Gasteiger partial charge in [0.05, 0.1) is 13.5 Å². The van der Waals surface area contributed by atoms with Crippen LogP contribution < -0.4 is 5.32 Å². The molecule has 1 atom stereocenters. The van der Waals surface area contributed by atoms with Gasteiger partial charge in [0.1, 0.15) is 5.60 Å². The average Bonchev–Trinajstić information content (AvgIpc) is 2.14. The summed E-state index contributed by atoms with van der Waals surface area (Å²) in [4.78, 5) is 22.7. The third kappa shape index (κ3) is 8.54. The summed E-state index contributed by atoms with van der Waals surface area (Å²) >= 11 is 0. The third-order valence-electron chi connectivity index (χ3n) is 2.00. The molecule has 0 bridgehead atoms. The first-order valence-electron chi connectivity index (χ1n) is 5.84. The highest BCUT2D eigenvalue weighted by atomic mass is 16.6. The van der Waals surface area contributed by atoms with Gasteiger partial charge in [0, 0.05) is 6.04 Å². The summed E-state index contributed by atoms with van der Waals surface area (Å²) in [5.74, 6) is -0.334. The summed E-state index contributed by atoms with van der Waals surface area (Å²) in [6, 6.07) is -0.234. The van der Waals surface area contributed by atoms with Gasteiger partial charge in [0.25, 0.3) is 0 Å². The number of carbonyl (C=O) groups is 2. The zero-order chi connectivity index (χ0) is 13.5. The molecule has 0 radical (unpaired) electrons. The predicted molar refractivity (Wildman–Crippen MR) is 64.7 cm³/mol. The molecule has 0 rings (SSSR count). The van der Waals surface area contributed by atoms with E-state index in [0.29, 0.717) is 6.42 Å². The number of nitrogens with one attached hydrogen (secondary N) is 1. The molecule has 0 aliphatic rings. The minimum Gasteiger partial charge on any atom is -0.469 e. The van der Waals surface area contributed by atoms with Gasteiger partial charge in [-0.1, -0.05) is 13.3 Å². The molecule has 5 heteroatoms. The second kappa shape index (κ2) is 7.14. The van der Waals surface area contributed by atoms with E-state index < -0.39 is 11.7 Å². The Morgan fingerprint density at radius 3 is 2.29 bits per heavy atom. The van der Waals surface area contributed by atoms with Gasteiger partial charge in [0.15, 0.2) is 0 Å². The van der Waals surface area contributed by atoms with Crippen molar-refractivity contribution in [2.45, 2.75) is 58.6 Å². The fourth-order valence-corrected chi connectivity index (χ4v) is 1.33. The SMILES string of the molecule is CCC[C@@H](CC(=O)OC)NC(=O)OC(C)(C)C. The highest BCUT2D eigenvalue weighted by Gasteiger charge is 2.20. The normalized spacial score (nSPS) is 12.8. The molecule has 0 unspecified atom stereocenters. The van der Waals surface area contributed by atoms with Crippen LogP contribution in [0.3, 0.4) is 0 Å². The molecule has 17 heavy (non-hydrogen) atoms. The van der Waals surface area contributed by atoms with E-state index in [1.165, 1.54) is 7.11 Å². The lowest BCUT2D eigenvalue weighted by atomic mass is 10.1. The number of carbonyl (C=O) groups excluding carboxylic acids is 2. The molecule has 1 N–H and O–H groups in total. The molecule has 1 amide bonds. The van der Waals surface area contributed by atoms with E-state index >= 15 is 0 Å². The number of alkyl carbamates (subject to hydrolysis) is 1. The van der Waals surface area contributed by atoms with Crippen molar-refractivity contribution >= 4 is 12.1 Å². The lowest BCUT2D eigenvalue weighted by Gasteiger charge is -2.23. The highest BCUT2D eigenvalue weighted by Crippen LogP contribution is 2.09. The number of methoxy groups -OCH3 is 1. The summed E-state index contributed by atoms with van der Waals surface area (Å²) in [7, 11) is 1.33. The Hall–Kier alpha value is -1.26. The number of hydrogen-bond acceptors (Lipinski definition) is 4. The van der Waals surface area contributed by atoms with Crippen LogP contribution in [0, 0.1) is 0 Å². The molecular weight excluding hydrogens is 222 g/mol. The van der Waals surface area contributed by atoms with Crippen molar-refractivity contribution in [3.8, 4) is 0 Å². The van der Waals surface area contributed by atoms with E-state index in [-0.39, 0.29) is 18.4 Å². The number of rotatable bonds is 5. The summed E-state index contributed by atoms with van der Waals surface area (Å²) in [5.41, 5.74) is -0.536. The fraction of sp³-hybridized carbons (Fsp3) is 0.833. The van der Waals surface area contributed by atoms with E-state index in [9.17, 15) is 9.59 Å². The first kappa shape index (κ1) is 15.7. The maximum absolute atomic E-state index is 11.5. The largest absolute Gasteiger partial charge is 0.469 e. The average molecular weight is 245 g/mol. The van der Waals surface area contributed by atoms with Crippen LogP contribution >= 0.6 is 0 Å². The van der Waals surface area contributed by atoms with Crippen LogP contribution in [0.15, 0.2) is 0 Å². The van der Waals surface area contributed by atoms with Crippen molar-refractivity contribution in [2.24, 2.45) is 0 Å². The van der Waals surface area contributed by atoms with E-state index in [2.05, 4.69) is 10.1 Å². The summed E-state index contributed by atoms with van der Waals surface area (Å²) < 4.78 is 9.71. The molecule has 0 aromatic carbocycles. The number of amides is 1. The molecular formula is C12H23NO4. The van der Waals surface area contributed by atoms with Crippen LogP contribution in [0.5, 0.6) is 0 Å². The second-order valence-corrected chi connectivity index (χ2v) is 4.91. The Morgan fingerprint density at radius 2 is 1.88 bits per heavy atom. The van der Waals surface area contributed by atoms with Crippen LogP contribution in [0.1, 0.15) is 47.0 Å². The summed E-state index contributed by atoms with van der Waals surface area (Å²) in [6.07, 6.45) is 1.26. The van der Waals surface area contributed by atoms with Crippen molar-refractivity contribution in [1.82, 2.24) is 5.32 Å². The van der Waals surface area contributed by atoms with Gasteiger partial charge in [-0.05, 0) is 27.2 Å². The van der Waals surface area contributed by atoms with Crippen LogP contribution in [0.2, 0.25) is 0 Å². The first-order valence-corrected chi connectivity index (χ1v) is 5.84. The standard InChI is InChI=1S/C12H23NO4/c1-6-7-9(8-10(14)16-5)13-11(15)17-12(2,3)4/h9H,6-8H2,1-5H3,(H,13,15)/t9-/m0/s1. The topological polar surface area (TPSA) is 64.6 Å². The van der Waals surface area contributed by atoms with Crippen LogP contribution in [-0.2, 0) is 14.3 Å². The quantitative estimate of drug-likeness (QED) is 0.754. The summed E-state index contributed by atoms with van der Waals surface area (Å²) in [5, 5.41) is 2.68. The van der Waals surface area contributed by atoms with Gasteiger partial charge < -0.3 is 14.8 Å². The Morgan fingerprint density at radius 1 is 1.29 bits per heavy atom. The molecule has 0 saturated carbocycles. The molecule has 0 aliphatic carbocycles. The van der Waals surface area contributed by atoms with Gasteiger partial charge in [-0.15, -0.1) is 0 Å². The second-order valence-electron chi connectivity index (χ2n) is 4.91. The molecule has 100 valence electrons. The van der Waals surface area contributed by atoms with E-state index in [1.807, 2.05) is 6.92 Å². The maximum atomic E-state index is 11.5. The van der Waals surface area contributed by atoms with Gasteiger partial charge in [-0.25, -0.2) is 4.79 Å². The van der Waals surface area contributed by atoms with Crippen molar-refractivity contribution in [1.29, 1.82) is 0 Å². The number of hydrogen-bond donors (Lipinski definition) is 1. The number of ether oxygens (including phenoxy) is 2. The molecule has 0 spiro atoms. The molecule has 5 nitrogen and oxygen atoms in total. The van der Waals surface area contributed by atoms with Crippen molar-refractivity contribution < 1.29 is 19.1 Å². The van der Waals surface area contributed by atoms with Crippen LogP contribution in [0.25, 0.3) is 0 Å². The zero-order valence-electron chi connectivity index (χ0n) is 11.3. The van der Waals surface area contributed by atoms with E-state index in [1.54, 1.807) is 20.8 Å². The fourth-order valence-electron chi connectivity index (χ4n) is 1.33. The van der Waals surface area contributed by atoms with Crippen molar-refractivity contribution in [2.75, 3.05) is 7.11 Å². The minimum absolute atomic E-state index is 0.170. The Balaban J connectivity index is 4.24. The van der Waals surface area contributed by atoms with Gasteiger partial charge in [0.2, 0.25) is 0 Å². The Kier molecular flexibility index (Phi) is 6.61. The van der Waals surface area contributed by atoms with Crippen molar-refractivity contribution in [3.63, 3.8) is 0 Å². The van der Waals surface area contributed by atoms with Crippen LogP contribution in [0.4, 0.5) is 4.79 Å². The molecule has 0 aromatic rings. The van der Waals surface area contributed by atoms with Gasteiger partial charge >= 0.3 is 12.1 Å². The molecule has 0 aliphatic heterocycles. The van der Waals surface area contributed by atoms with E-state index in [0.717, 1.165) is 6.42 Å². The summed E-state index contributed by atoms with van der Waals surface area (Å²) in [6.45, 7) is 7.37. The minimum atomic E-state index is -0.536. The van der Waals surface area contributed by atoms with Crippen molar-refractivity contribution in [3.05, 3.63) is 0 Å². The molecule has 0 fully saturated rings. The lowest BCUT2D eigenvalue weighted by molar-refractivity contribution is -0.141. The van der Waals surface area contributed by atoms with E-state index in [4.69, 9.17) is 4.74 Å². The molecule has 0 saturated heterocycles. The smallest absolute Gasteiger partial charge is 0.407 e. The highest BCUT2D eigenvalue weighted by molar-refractivity contribution is 5.72. The Labute approximate surface area is 103 Å². The van der Waals surface area contributed by atoms with Crippen LogP contribution in [-0.4, -0.2) is 30.8 Å². The van der Waals surface area contributed by atoms with Gasteiger partial charge in [-0.2, -0.15) is 0 Å². The maximum Gasteiger partial charge on any atom is 0.407 e. The number of esters is 1. The molecule has 0 aromatic heterocycles. The Bertz CT molecular complexity index is 258. The lowest BCUT2D eigenvalue weighted by Crippen LogP contribution is -2.40. The molecule has 0 heterocycles. The first-order chi connectivity index (χ1) is 7.78.